The highest BCUT2D eigenvalue weighted by Gasteiger charge is 2.34. The van der Waals surface area contributed by atoms with E-state index in [1.165, 1.54) is 19.2 Å². The fourth-order valence-corrected chi connectivity index (χ4v) is 3.22. The number of carbonyl (C=O) groups excluding carboxylic acids is 1. The molecule has 0 saturated carbocycles. The van der Waals surface area contributed by atoms with Crippen LogP contribution in [0.3, 0.4) is 0 Å². The van der Waals surface area contributed by atoms with E-state index < -0.39 is 10.0 Å². The first kappa shape index (κ1) is 14.8. The third-order valence-electron chi connectivity index (χ3n) is 3.67. The van der Waals surface area contributed by atoms with Crippen molar-refractivity contribution in [3.05, 3.63) is 36.1 Å². The fraction of sp³-hybridized carbons (Fsp3) is 0.385. The molecule has 2 N–H and O–H groups in total. The second-order valence-corrected chi connectivity index (χ2v) is 6.77. The Morgan fingerprint density at radius 1 is 1.50 bits per heavy atom. The Bertz CT molecular complexity index is 766. The standard InChI is InChI=1S/C13H16N4O4S/c1-14-22(19,20)11-5-4-10(21-11)13(18)17-8-2-3-9(17)12-15-6-7-16-12/h4-7,9,14H,2-3,8H2,1H3,(H,15,16). The molecule has 0 aliphatic carbocycles. The molecule has 0 bridgehead atoms. The SMILES string of the molecule is CNS(=O)(=O)c1ccc(C(=O)N2CCCC2c2ncc[nH]2)o1. The average molecular weight is 324 g/mol. The third kappa shape index (κ3) is 2.53. The molecule has 9 heteroatoms. The summed E-state index contributed by atoms with van der Waals surface area (Å²) in [5, 5.41) is -0.271. The first-order chi connectivity index (χ1) is 10.5. The van der Waals surface area contributed by atoms with Gasteiger partial charge in [-0.1, -0.05) is 0 Å². The molecular formula is C13H16N4O4S. The van der Waals surface area contributed by atoms with Crippen LogP contribution in [-0.2, 0) is 10.0 Å². The van der Waals surface area contributed by atoms with Crippen molar-refractivity contribution in [2.24, 2.45) is 0 Å². The Labute approximate surface area is 127 Å². The summed E-state index contributed by atoms with van der Waals surface area (Å²) in [6.07, 6.45) is 5.02. The Balaban J connectivity index is 1.85. The molecule has 8 nitrogen and oxygen atoms in total. The molecular weight excluding hydrogens is 308 g/mol. The van der Waals surface area contributed by atoms with Crippen LogP contribution in [0.5, 0.6) is 0 Å². The number of aromatic amines is 1. The second-order valence-electron chi connectivity index (χ2n) is 4.96. The van der Waals surface area contributed by atoms with Crippen LogP contribution in [-0.4, -0.2) is 42.8 Å². The van der Waals surface area contributed by atoms with Crippen molar-refractivity contribution >= 4 is 15.9 Å². The Morgan fingerprint density at radius 2 is 2.32 bits per heavy atom. The lowest BCUT2D eigenvalue weighted by Gasteiger charge is -2.21. The van der Waals surface area contributed by atoms with E-state index in [-0.39, 0.29) is 22.8 Å². The first-order valence-electron chi connectivity index (χ1n) is 6.86. The van der Waals surface area contributed by atoms with Gasteiger partial charge in [-0.3, -0.25) is 4.79 Å². The number of nitrogens with zero attached hydrogens (tertiary/aromatic N) is 2. The molecule has 1 unspecified atom stereocenters. The minimum atomic E-state index is -3.70. The number of furan rings is 1. The summed E-state index contributed by atoms with van der Waals surface area (Å²) >= 11 is 0. The van der Waals surface area contributed by atoms with Gasteiger partial charge in [0, 0.05) is 18.9 Å². The number of aromatic nitrogens is 2. The molecule has 0 spiro atoms. The maximum atomic E-state index is 12.6. The Kier molecular flexibility index (Phi) is 3.75. The molecule has 1 atom stereocenters. The summed E-state index contributed by atoms with van der Waals surface area (Å²) in [6.45, 7) is 0.582. The highest BCUT2D eigenvalue weighted by Crippen LogP contribution is 2.31. The van der Waals surface area contributed by atoms with Gasteiger partial charge in [0.2, 0.25) is 5.09 Å². The number of imidazole rings is 1. The number of hydrogen-bond acceptors (Lipinski definition) is 5. The van der Waals surface area contributed by atoms with E-state index in [1.54, 1.807) is 17.3 Å². The maximum absolute atomic E-state index is 12.6. The molecule has 22 heavy (non-hydrogen) atoms. The zero-order chi connectivity index (χ0) is 15.7. The van der Waals surface area contributed by atoms with Crippen LogP contribution in [0.25, 0.3) is 0 Å². The van der Waals surface area contributed by atoms with Crippen LogP contribution in [0.2, 0.25) is 0 Å². The molecule has 1 amide bonds. The number of amides is 1. The van der Waals surface area contributed by atoms with E-state index in [0.29, 0.717) is 6.54 Å². The lowest BCUT2D eigenvalue weighted by atomic mass is 10.2. The lowest BCUT2D eigenvalue weighted by Crippen LogP contribution is -2.30. The van der Waals surface area contributed by atoms with Gasteiger partial charge >= 0.3 is 0 Å². The number of rotatable bonds is 4. The van der Waals surface area contributed by atoms with E-state index in [9.17, 15) is 13.2 Å². The van der Waals surface area contributed by atoms with Gasteiger partial charge in [-0.25, -0.2) is 18.1 Å². The molecule has 1 saturated heterocycles. The molecule has 1 fully saturated rings. The number of carbonyl (C=O) groups is 1. The van der Waals surface area contributed by atoms with Gasteiger partial charge in [0.15, 0.2) is 5.76 Å². The van der Waals surface area contributed by atoms with E-state index in [1.807, 2.05) is 0 Å². The molecule has 0 radical (unpaired) electrons. The zero-order valence-corrected chi connectivity index (χ0v) is 12.8. The van der Waals surface area contributed by atoms with Crippen LogP contribution in [0.15, 0.2) is 34.0 Å². The van der Waals surface area contributed by atoms with Crippen LogP contribution in [0.4, 0.5) is 0 Å². The van der Waals surface area contributed by atoms with E-state index >= 15 is 0 Å². The number of sulfonamides is 1. The van der Waals surface area contributed by atoms with Crippen molar-refractivity contribution in [1.82, 2.24) is 19.6 Å². The van der Waals surface area contributed by atoms with Gasteiger partial charge < -0.3 is 14.3 Å². The summed E-state index contributed by atoms with van der Waals surface area (Å²) in [4.78, 5) is 21.4. The summed E-state index contributed by atoms with van der Waals surface area (Å²) in [5.74, 6) is 0.393. The van der Waals surface area contributed by atoms with Crippen molar-refractivity contribution in [2.75, 3.05) is 13.6 Å². The second kappa shape index (κ2) is 5.58. The number of hydrogen-bond donors (Lipinski definition) is 2. The summed E-state index contributed by atoms with van der Waals surface area (Å²) < 4.78 is 30.7. The van der Waals surface area contributed by atoms with Gasteiger partial charge in [-0.05, 0) is 32.0 Å². The summed E-state index contributed by atoms with van der Waals surface area (Å²) in [5.41, 5.74) is 0. The quantitative estimate of drug-likeness (QED) is 0.868. The van der Waals surface area contributed by atoms with Crippen molar-refractivity contribution in [3.63, 3.8) is 0 Å². The first-order valence-corrected chi connectivity index (χ1v) is 8.35. The average Bonchev–Trinajstić information content (AvgIpc) is 3.25. The highest BCUT2D eigenvalue weighted by atomic mass is 32.2. The third-order valence-corrected chi connectivity index (χ3v) is 4.96. The maximum Gasteiger partial charge on any atom is 0.290 e. The largest absolute Gasteiger partial charge is 0.438 e. The van der Waals surface area contributed by atoms with Crippen molar-refractivity contribution in [3.8, 4) is 0 Å². The van der Waals surface area contributed by atoms with Crippen molar-refractivity contribution < 1.29 is 17.6 Å². The van der Waals surface area contributed by atoms with Gasteiger partial charge in [-0.15, -0.1) is 0 Å². The smallest absolute Gasteiger partial charge is 0.290 e. The zero-order valence-electron chi connectivity index (χ0n) is 11.9. The van der Waals surface area contributed by atoms with Crippen LogP contribution >= 0.6 is 0 Å². The normalized spacial score (nSPS) is 18.8. The summed E-state index contributed by atoms with van der Waals surface area (Å²) in [6, 6.07) is 2.51. The number of likely N-dealkylation sites (tertiary alicyclic amines) is 1. The summed E-state index contributed by atoms with van der Waals surface area (Å²) in [7, 11) is -2.41. The highest BCUT2D eigenvalue weighted by molar-refractivity contribution is 7.89. The molecule has 2 aromatic rings. The predicted molar refractivity (Wildman–Crippen MR) is 76.6 cm³/mol. The van der Waals surface area contributed by atoms with Crippen LogP contribution < -0.4 is 4.72 Å². The minimum Gasteiger partial charge on any atom is -0.438 e. The number of nitrogens with one attached hydrogen (secondary N) is 2. The monoisotopic (exact) mass is 324 g/mol. The van der Waals surface area contributed by atoms with E-state index in [2.05, 4.69) is 14.7 Å². The van der Waals surface area contributed by atoms with Crippen molar-refractivity contribution in [2.45, 2.75) is 24.0 Å². The van der Waals surface area contributed by atoms with Gasteiger partial charge in [-0.2, -0.15) is 0 Å². The predicted octanol–water partition coefficient (Wildman–Crippen LogP) is 0.888. The van der Waals surface area contributed by atoms with Crippen LogP contribution in [0.1, 0.15) is 35.3 Å². The molecule has 118 valence electrons. The lowest BCUT2D eigenvalue weighted by molar-refractivity contribution is 0.0692. The van der Waals surface area contributed by atoms with Gasteiger partial charge in [0.1, 0.15) is 5.82 Å². The molecule has 2 aromatic heterocycles. The molecule has 3 heterocycles. The molecule has 3 rings (SSSR count). The number of H-pyrrole nitrogens is 1. The van der Waals surface area contributed by atoms with Crippen LogP contribution in [0, 0.1) is 0 Å². The molecule has 1 aliphatic heterocycles. The topological polar surface area (TPSA) is 108 Å². The van der Waals surface area contributed by atoms with E-state index in [0.717, 1.165) is 18.7 Å². The minimum absolute atomic E-state index is 0.00674. The molecule has 1 aliphatic rings. The molecule has 0 aromatic carbocycles. The van der Waals surface area contributed by atoms with Crippen molar-refractivity contribution in [1.29, 1.82) is 0 Å². The Hall–Kier alpha value is -2.13. The Morgan fingerprint density at radius 3 is 3.00 bits per heavy atom. The fourth-order valence-electron chi connectivity index (χ4n) is 2.58. The van der Waals surface area contributed by atoms with Gasteiger partial charge in [0.05, 0.1) is 6.04 Å². The van der Waals surface area contributed by atoms with E-state index in [4.69, 9.17) is 4.42 Å². The van der Waals surface area contributed by atoms with Gasteiger partial charge in [0.25, 0.3) is 15.9 Å².